The average molecular weight is 292 g/mol. The monoisotopic (exact) mass is 292 g/mol. The molecule has 0 bridgehead atoms. The van der Waals surface area contributed by atoms with E-state index in [4.69, 9.17) is 14.2 Å². The summed E-state index contributed by atoms with van der Waals surface area (Å²) in [6.07, 6.45) is 0.156. The Morgan fingerprint density at radius 1 is 1.38 bits per heavy atom. The molecule has 1 aromatic rings. The van der Waals surface area contributed by atoms with E-state index in [2.05, 4.69) is 0 Å². The van der Waals surface area contributed by atoms with Gasteiger partial charge in [-0.3, -0.25) is 0 Å². The van der Waals surface area contributed by atoms with E-state index in [0.717, 1.165) is 23.3 Å². The van der Waals surface area contributed by atoms with Crippen LogP contribution in [0.1, 0.15) is 43.6 Å². The summed E-state index contributed by atoms with van der Waals surface area (Å²) >= 11 is 0. The van der Waals surface area contributed by atoms with Crippen LogP contribution in [0.2, 0.25) is 0 Å². The number of fused-ring (bicyclic) bond motifs is 2. The predicted molar refractivity (Wildman–Crippen MR) is 75.6 cm³/mol. The molecule has 2 aliphatic rings. The first-order chi connectivity index (χ1) is 10.0. The number of carbonyl (C=O) groups is 1. The first-order valence-corrected chi connectivity index (χ1v) is 7.37. The highest BCUT2D eigenvalue weighted by Crippen LogP contribution is 2.46. The lowest BCUT2D eigenvalue weighted by molar-refractivity contribution is -0.153. The first-order valence-electron chi connectivity index (χ1n) is 7.37. The van der Waals surface area contributed by atoms with Crippen LogP contribution in [0.15, 0.2) is 6.07 Å². The summed E-state index contributed by atoms with van der Waals surface area (Å²) in [5, 5.41) is 10.4. The van der Waals surface area contributed by atoms with Crippen LogP contribution < -0.4 is 9.47 Å². The number of aliphatic hydroxyl groups is 1. The third-order valence-corrected chi connectivity index (χ3v) is 3.89. The summed E-state index contributed by atoms with van der Waals surface area (Å²) in [6.45, 7) is 5.88. The number of carbonyl (C=O) groups excluding carboxylic acids is 1. The van der Waals surface area contributed by atoms with Crippen LogP contribution in [-0.2, 0) is 22.4 Å². The zero-order valence-electron chi connectivity index (χ0n) is 12.5. The Balaban J connectivity index is 2.08. The van der Waals surface area contributed by atoms with Crippen molar-refractivity contribution in [2.45, 2.75) is 51.9 Å². The van der Waals surface area contributed by atoms with Crippen LogP contribution in [0.25, 0.3) is 0 Å². The molecule has 0 saturated heterocycles. The van der Waals surface area contributed by atoms with E-state index in [1.165, 1.54) is 0 Å². The zero-order chi connectivity index (χ0) is 15.1. The lowest BCUT2D eigenvalue weighted by Gasteiger charge is -2.17. The van der Waals surface area contributed by atoms with Crippen molar-refractivity contribution in [3.8, 4) is 11.5 Å². The maximum Gasteiger partial charge on any atom is 0.339 e. The quantitative estimate of drug-likeness (QED) is 0.862. The highest BCUT2D eigenvalue weighted by molar-refractivity contribution is 5.79. The van der Waals surface area contributed by atoms with E-state index in [9.17, 15) is 9.90 Å². The van der Waals surface area contributed by atoms with Crippen LogP contribution in [0.5, 0.6) is 11.5 Å². The summed E-state index contributed by atoms with van der Waals surface area (Å²) in [5.74, 6) is 0.729. The van der Waals surface area contributed by atoms with Gasteiger partial charge in [0.1, 0.15) is 23.7 Å². The Hall–Kier alpha value is -1.75. The first kappa shape index (κ1) is 14.2. The smallest absolute Gasteiger partial charge is 0.339 e. The van der Waals surface area contributed by atoms with Crippen molar-refractivity contribution in [2.75, 3.05) is 6.61 Å². The molecule has 0 spiro atoms. The molecule has 5 heteroatoms. The molecule has 0 fully saturated rings. The van der Waals surface area contributed by atoms with Crippen molar-refractivity contribution in [3.63, 3.8) is 0 Å². The molecule has 3 atom stereocenters. The molecule has 1 N–H and O–H groups in total. The minimum absolute atomic E-state index is 0.0353. The molecule has 0 amide bonds. The van der Waals surface area contributed by atoms with E-state index < -0.39 is 12.1 Å². The summed E-state index contributed by atoms with van der Waals surface area (Å²) in [5.41, 5.74) is 2.36. The molecule has 2 aliphatic heterocycles. The molecule has 5 nitrogen and oxygen atoms in total. The number of esters is 1. The predicted octanol–water partition coefficient (Wildman–Crippen LogP) is 1.93. The molecule has 0 saturated carbocycles. The van der Waals surface area contributed by atoms with Gasteiger partial charge in [-0.1, -0.05) is 0 Å². The highest BCUT2D eigenvalue weighted by Gasteiger charge is 2.36. The van der Waals surface area contributed by atoms with E-state index in [1.807, 2.05) is 19.9 Å². The van der Waals surface area contributed by atoms with E-state index in [0.29, 0.717) is 17.7 Å². The topological polar surface area (TPSA) is 65.0 Å². The molecule has 0 aliphatic carbocycles. The Labute approximate surface area is 123 Å². The molecule has 2 heterocycles. The number of hydrogen-bond acceptors (Lipinski definition) is 5. The highest BCUT2D eigenvalue weighted by atomic mass is 16.5. The SMILES string of the molecule is CCOC(=O)C(O)c1c2c(cc3c1OC(C)C3)OC(C)C2. The molecule has 0 aromatic heterocycles. The van der Waals surface area contributed by atoms with Crippen LogP contribution >= 0.6 is 0 Å². The van der Waals surface area contributed by atoms with E-state index in [1.54, 1.807) is 6.92 Å². The number of hydrogen-bond donors (Lipinski definition) is 1. The third kappa shape index (κ3) is 2.35. The Bertz CT molecular complexity index is 544. The van der Waals surface area contributed by atoms with Gasteiger partial charge in [0.15, 0.2) is 6.10 Å². The second-order valence-electron chi connectivity index (χ2n) is 5.67. The number of aliphatic hydroxyl groups excluding tert-OH is 1. The van der Waals surface area contributed by atoms with Crippen LogP contribution in [0.4, 0.5) is 0 Å². The number of ether oxygens (including phenoxy) is 3. The lowest BCUT2D eigenvalue weighted by Crippen LogP contribution is -2.18. The molecular weight excluding hydrogens is 272 g/mol. The fourth-order valence-electron chi connectivity index (χ4n) is 3.09. The molecular formula is C16H20O5. The van der Waals surface area contributed by atoms with Crippen molar-refractivity contribution in [1.29, 1.82) is 0 Å². The van der Waals surface area contributed by atoms with Gasteiger partial charge in [-0.05, 0) is 26.8 Å². The Morgan fingerprint density at radius 3 is 2.81 bits per heavy atom. The van der Waals surface area contributed by atoms with Crippen molar-refractivity contribution >= 4 is 5.97 Å². The van der Waals surface area contributed by atoms with Gasteiger partial charge >= 0.3 is 5.97 Å². The van der Waals surface area contributed by atoms with E-state index >= 15 is 0 Å². The van der Waals surface area contributed by atoms with Gasteiger partial charge in [0.05, 0.1) is 6.61 Å². The van der Waals surface area contributed by atoms with Crippen molar-refractivity contribution in [3.05, 3.63) is 22.8 Å². The Morgan fingerprint density at radius 2 is 2.10 bits per heavy atom. The fraction of sp³-hybridized carbons (Fsp3) is 0.562. The second kappa shape index (κ2) is 5.22. The largest absolute Gasteiger partial charge is 0.490 e. The maximum absolute atomic E-state index is 11.9. The summed E-state index contributed by atoms with van der Waals surface area (Å²) < 4.78 is 16.5. The average Bonchev–Trinajstić information content (AvgIpc) is 2.95. The van der Waals surface area contributed by atoms with Crippen LogP contribution in [0.3, 0.4) is 0 Å². The minimum atomic E-state index is -1.33. The molecule has 3 rings (SSSR count). The molecule has 114 valence electrons. The van der Waals surface area contributed by atoms with Gasteiger partial charge in [0.2, 0.25) is 0 Å². The normalized spacial score (nSPS) is 23.8. The van der Waals surface area contributed by atoms with Crippen molar-refractivity contribution in [1.82, 2.24) is 0 Å². The van der Waals surface area contributed by atoms with Gasteiger partial charge in [-0.25, -0.2) is 4.79 Å². The minimum Gasteiger partial charge on any atom is -0.490 e. The van der Waals surface area contributed by atoms with Gasteiger partial charge in [-0.2, -0.15) is 0 Å². The summed E-state index contributed by atoms with van der Waals surface area (Å²) in [7, 11) is 0. The number of benzene rings is 1. The van der Waals surface area contributed by atoms with E-state index in [-0.39, 0.29) is 18.8 Å². The zero-order valence-corrected chi connectivity index (χ0v) is 12.5. The van der Waals surface area contributed by atoms with Crippen molar-refractivity contribution < 1.29 is 24.1 Å². The summed E-state index contributed by atoms with van der Waals surface area (Å²) in [4.78, 5) is 11.9. The van der Waals surface area contributed by atoms with Crippen molar-refractivity contribution in [2.24, 2.45) is 0 Å². The third-order valence-electron chi connectivity index (χ3n) is 3.89. The second-order valence-corrected chi connectivity index (χ2v) is 5.67. The molecule has 3 unspecified atom stereocenters. The standard InChI is InChI=1S/C16H20O5/c1-4-19-16(18)14(17)13-11-6-9(3)20-12(11)7-10-5-8(2)21-15(10)13/h7-9,14,17H,4-6H2,1-3H3. The van der Waals surface area contributed by atoms with Gasteiger partial charge in [0.25, 0.3) is 0 Å². The molecule has 21 heavy (non-hydrogen) atoms. The fourth-order valence-corrected chi connectivity index (χ4v) is 3.09. The molecule has 0 radical (unpaired) electrons. The lowest BCUT2D eigenvalue weighted by atomic mass is 9.94. The number of rotatable bonds is 3. The molecule has 1 aromatic carbocycles. The van der Waals surface area contributed by atoms with Gasteiger partial charge in [0, 0.05) is 29.5 Å². The Kier molecular flexibility index (Phi) is 3.53. The summed E-state index contributed by atoms with van der Waals surface area (Å²) in [6, 6.07) is 1.97. The maximum atomic E-state index is 11.9. The van der Waals surface area contributed by atoms with Crippen LogP contribution in [0, 0.1) is 0 Å². The van der Waals surface area contributed by atoms with Gasteiger partial charge in [-0.15, -0.1) is 0 Å². The van der Waals surface area contributed by atoms with Crippen LogP contribution in [-0.4, -0.2) is 29.9 Å². The van der Waals surface area contributed by atoms with Gasteiger partial charge < -0.3 is 19.3 Å².